The van der Waals surface area contributed by atoms with Crippen LogP contribution in [0.15, 0.2) is 36.4 Å². The van der Waals surface area contributed by atoms with Gasteiger partial charge in [0, 0.05) is 10.7 Å². The molecule has 2 aromatic carbocycles. The van der Waals surface area contributed by atoms with Crippen LogP contribution in [0.4, 0.5) is 10.1 Å². The summed E-state index contributed by atoms with van der Waals surface area (Å²) < 4.78 is 13.6. The first kappa shape index (κ1) is 14.8. The SMILES string of the molecule is O=C(O)c1cc(NC(=O)c2ccc(Cl)cc2F)ccc1O. The molecule has 0 heterocycles. The van der Waals surface area contributed by atoms with Gasteiger partial charge in [0.05, 0.1) is 5.56 Å². The van der Waals surface area contributed by atoms with Crippen LogP contribution < -0.4 is 5.32 Å². The van der Waals surface area contributed by atoms with E-state index in [1.54, 1.807) is 0 Å². The smallest absolute Gasteiger partial charge is 0.339 e. The number of anilines is 1. The van der Waals surface area contributed by atoms with Gasteiger partial charge in [-0.2, -0.15) is 0 Å². The molecule has 0 unspecified atom stereocenters. The van der Waals surface area contributed by atoms with Gasteiger partial charge in [-0.15, -0.1) is 0 Å². The summed E-state index contributed by atoms with van der Waals surface area (Å²) in [4.78, 5) is 22.8. The van der Waals surface area contributed by atoms with E-state index in [1.165, 1.54) is 18.2 Å². The minimum absolute atomic E-state index is 0.115. The second-order valence-corrected chi connectivity index (χ2v) is 4.55. The van der Waals surface area contributed by atoms with Gasteiger partial charge in [-0.3, -0.25) is 4.79 Å². The molecule has 108 valence electrons. The van der Waals surface area contributed by atoms with Crippen molar-refractivity contribution >= 4 is 29.2 Å². The number of aromatic carboxylic acids is 1. The fourth-order valence-corrected chi connectivity index (χ4v) is 1.82. The lowest BCUT2D eigenvalue weighted by molar-refractivity contribution is 0.0693. The van der Waals surface area contributed by atoms with Crippen LogP contribution in [0.1, 0.15) is 20.7 Å². The van der Waals surface area contributed by atoms with E-state index in [9.17, 15) is 19.1 Å². The normalized spacial score (nSPS) is 10.2. The van der Waals surface area contributed by atoms with Crippen molar-refractivity contribution in [2.45, 2.75) is 0 Å². The topological polar surface area (TPSA) is 86.6 Å². The van der Waals surface area contributed by atoms with Gasteiger partial charge in [-0.1, -0.05) is 11.6 Å². The molecule has 2 rings (SSSR count). The van der Waals surface area contributed by atoms with Crippen molar-refractivity contribution in [3.8, 4) is 5.75 Å². The Hall–Kier alpha value is -2.60. The Morgan fingerprint density at radius 2 is 1.81 bits per heavy atom. The molecule has 0 aliphatic rings. The number of amides is 1. The monoisotopic (exact) mass is 309 g/mol. The minimum atomic E-state index is -1.35. The van der Waals surface area contributed by atoms with Crippen molar-refractivity contribution in [3.05, 3.63) is 58.4 Å². The maximum absolute atomic E-state index is 13.6. The maximum Gasteiger partial charge on any atom is 0.339 e. The van der Waals surface area contributed by atoms with Crippen LogP contribution in [0.3, 0.4) is 0 Å². The summed E-state index contributed by atoms with van der Waals surface area (Å²) in [6.07, 6.45) is 0. The summed E-state index contributed by atoms with van der Waals surface area (Å²) >= 11 is 5.59. The molecule has 0 aliphatic heterocycles. The van der Waals surface area contributed by atoms with E-state index in [2.05, 4.69) is 5.32 Å². The molecule has 0 saturated heterocycles. The zero-order valence-corrected chi connectivity index (χ0v) is 11.2. The van der Waals surface area contributed by atoms with E-state index in [0.717, 1.165) is 18.2 Å². The molecular formula is C14H9ClFNO4. The molecule has 3 N–H and O–H groups in total. The van der Waals surface area contributed by atoms with E-state index in [-0.39, 0.29) is 21.8 Å². The number of nitrogens with one attached hydrogen (secondary N) is 1. The molecule has 21 heavy (non-hydrogen) atoms. The van der Waals surface area contributed by atoms with Crippen molar-refractivity contribution in [3.63, 3.8) is 0 Å². The third-order valence-electron chi connectivity index (χ3n) is 2.66. The molecule has 0 atom stereocenters. The second kappa shape index (κ2) is 5.80. The van der Waals surface area contributed by atoms with Crippen LogP contribution >= 0.6 is 11.6 Å². The second-order valence-electron chi connectivity index (χ2n) is 4.12. The summed E-state index contributed by atoms with van der Waals surface area (Å²) in [7, 11) is 0. The molecule has 7 heteroatoms. The number of carbonyl (C=O) groups excluding carboxylic acids is 1. The highest BCUT2D eigenvalue weighted by atomic mass is 35.5. The number of hydrogen-bond acceptors (Lipinski definition) is 3. The van der Waals surface area contributed by atoms with E-state index in [4.69, 9.17) is 16.7 Å². The van der Waals surface area contributed by atoms with Crippen molar-refractivity contribution in [1.29, 1.82) is 0 Å². The van der Waals surface area contributed by atoms with Gasteiger partial charge in [0.15, 0.2) is 0 Å². The molecule has 0 fully saturated rings. The van der Waals surface area contributed by atoms with Gasteiger partial charge in [-0.25, -0.2) is 9.18 Å². The Morgan fingerprint density at radius 1 is 1.10 bits per heavy atom. The largest absolute Gasteiger partial charge is 0.507 e. The number of rotatable bonds is 3. The van der Waals surface area contributed by atoms with Gasteiger partial charge in [-0.05, 0) is 36.4 Å². The molecular weight excluding hydrogens is 301 g/mol. The predicted octanol–water partition coefficient (Wildman–Crippen LogP) is 3.14. The first-order valence-corrected chi connectivity index (χ1v) is 6.09. The molecule has 0 radical (unpaired) electrons. The first-order valence-electron chi connectivity index (χ1n) is 5.71. The Labute approximate surface area is 123 Å². The summed E-state index contributed by atoms with van der Waals surface area (Å²) in [6.45, 7) is 0. The van der Waals surface area contributed by atoms with Gasteiger partial charge in [0.1, 0.15) is 17.1 Å². The molecule has 0 spiro atoms. The number of carbonyl (C=O) groups is 2. The number of benzene rings is 2. The van der Waals surface area contributed by atoms with Crippen LogP contribution in [-0.4, -0.2) is 22.1 Å². The zero-order valence-electron chi connectivity index (χ0n) is 10.4. The number of phenols is 1. The van der Waals surface area contributed by atoms with Gasteiger partial charge in [0.2, 0.25) is 0 Å². The third-order valence-corrected chi connectivity index (χ3v) is 2.90. The van der Waals surface area contributed by atoms with Crippen LogP contribution in [0.5, 0.6) is 5.75 Å². The van der Waals surface area contributed by atoms with E-state index in [1.807, 2.05) is 0 Å². The molecule has 0 aliphatic carbocycles. The zero-order chi connectivity index (χ0) is 15.6. The fourth-order valence-electron chi connectivity index (χ4n) is 1.66. The van der Waals surface area contributed by atoms with Crippen LogP contribution in [-0.2, 0) is 0 Å². The lowest BCUT2D eigenvalue weighted by Crippen LogP contribution is -2.14. The number of carboxylic acids is 1. The van der Waals surface area contributed by atoms with Crippen molar-refractivity contribution in [2.75, 3.05) is 5.32 Å². The van der Waals surface area contributed by atoms with E-state index >= 15 is 0 Å². The lowest BCUT2D eigenvalue weighted by Gasteiger charge is -2.08. The number of halogens is 2. The molecule has 0 bridgehead atoms. The van der Waals surface area contributed by atoms with Crippen LogP contribution in [0, 0.1) is 5.82 Å². The number of hydrogen-bond donors (Lipinski definition) is 3. The summed E-state index contributed by atoms with van der Waals surface area (Å²) in [6, 6.07) is 7.06. The fraction of sp³-hybridized carbons (Fsp3) is 0. The van der Waals surface area contributed by atoms with Crippen molar-refractivity contribution in [2.24, 2.45) is 0 Å². The molecule has 0 aromatic heterocycles. The first-order chi connectivity index (χ1) is 9.88. The summed E-state index contributed by atoms with van der Waals surface area (Å²) in [5.74, 6) is -3.33. The summed E-state index contributed by atoms with van der Waals surface area (Å²) in [5, 5.41) is 20.7. The molecule has 0 saturated carbocycles. The van der Waals surface area contributed by atoms with Gasteiger partial charge < -0.3 is 15.5 Å². The highest BCUT2D eigenvalue weighted by molar-refractivity contribution is 6.30. The third kappa shape index (κ3) is 3.29. The Balaban J connectivity index is 2.27. The average molecular weight is 310 g/mol. The minimum Gasteiger partial charge on any atom is -0.507 e. The summed E-state index contributed by atoms with van der Waals surface area (Å²) in [5.41, 5.74) is -0.488. The molecule has 1 amide bonds. The Kier molecular flexibility index (Phi) is 4.09. The highest BCUT2D eigenvalue weighted by Gasteiger charge is 2.15. The van der Waals surface area contributed by atoms with Crippen LogP contribution in [0.25, 0.3) is 0 Å². The van der Waals surface area contributed by atoms with Gasteiger partial charge >= 0.3 is 5.97 Å². The van der Waals surface area contributed by atoms with Gasteiger partial charge in [0.25, 0.3) is 5.91 Å². The standard InChI is InChI=1S/C14H9ClFNO4/c15-7-1-3-9(11(16)5-7)13(19)17-8-2-4-12(18)10(6-8)14(20)21/h1-6,18H,(H,17,19)(H,20,21). The average Bonchev–Trinajstić information content (AvgIpc) is 2.40. The highest BCUT2D eigenvalue weighted by Crippen LogP contribution is 2.22. The maximum atomic E-state index is 13.6. The van der Waals surface area contributed by atoms with Crippen molar-refractivity contribution in [1.82, 2.24) is 0 Å². The van der Waals surface area contributed by atoms with E-state index in [0.29, 0.717) is 0 Å². The quantitative estimate of drug-likeness (QED) is 0.760. The molecule has 2 aromatic rings. The van der Waals surface area contributed by atoms with E-state index < -0.39 is 23.4 Å². The number of carboxylic acid groups (broad SMARTS) is 1. The molecule has 5 nitrogen and oxygen atoms in total. The number of aromatic hydroxyl groups is 1. The lowest BCUT2D eigenvalue weighted by atomic mass is 10.1. The van der Waals surface area contributed by atoms with Crippen molar-refractivity contribution < 1.29 is 24.2 Å². The Bertz CT molecular complexity index is 733. The van der Waals surface area contributed by atoms with Crippen LogP contribution in [0.2, 0.25) is 5.02 Å². The predicted molar refractivity (Wildman–Crippen MR) is 74.4 cm³/mol. The Morgan fingerprint density at radius 3 is 2.43 bits per heavy atom.